The first-order valence-electron chi connectivity index (χ1n) is 3.75. The van der Waals surface area contributed by atoms with Gasteiger partial charge < -0.3 is 0 Å². The average Bonchev–Trinajstić information content (AvgIpc) is 1.86. The third kappa shape index (κ3) is 0.942. The molecule has 1 aromatic carbocycles. The van der Waals surface area contributed by atoms with Crippen LogP contribution in [0.25, 0.3) is 0 Å². The Labute approximate surface area is 61.9 Å². The van der Waals surface area contributed by atoms with Crippen LogP contribution in [0.3, 0.4) is 0 Å². The molecule has 1 aliphatic rings. The van der Waals surface area contributed by atoms with Crippen molar-refractivity contribution in [3.63, 3.8) is 0 Å². The van der Waals surface area contributed by atoms with Crippen LogP contribution < -0.4 is 0 Å². The van der Waals surface area contributed by atoms with Crippen LogP contribution in [-0.4, -0.2) is 0 Å². The summed E-state index contributed by atoms with van der Waals surface area (Å²) in [5.74, 6) is 0.640. The Hall–Kier alpha value is -0.780. The summed E-state index contributed by atoms with van der Waals surface area (Å²) in [6, 6.07) is 10.6. The third-order valence-electron chi connectivity index (χ3n) is 2.03. The summed E-state index contributed by atoms with van der Waals surface area (Å²) < 4.78 is 0. The molecule has 2 radical (unpaired) electrons. The fraction of sp³-hybridized carbons (Fsp3) is 0.300. The molecule has 1 aromatic rings. The van der Waals surface area contributed by atoms with Crippen molar-refractivity contribution in [1.29, 1.82) is 0 Å². The molecular formula is C10H10. The van der Waals surface area contributed by atoms with E-state index in [1.165, 1.54) is 18.4 Å². The van der Waals surface area contributed by atoms with Gasteiger partial charge in [-0.3, -0.25) is 0 Å². The van der Waals surface area contributed by atoms with Crippen molar-refractivity contribution >= 4 is 0 Å². The van der Waals surface area contributed by atoms with Gasteiger partial charge in [-0.15, -0.1) is 0 Å². The zero-order valence-corrected chi connectivity index (χ0v) is 5.88. The first-order valence-corrected chi connectivity index (χ1v) is 3.75. The fourth-order valence-corrected chi connectivity index (χ4v) is 1.26. The van der Waals surface area contributed by atoms with E-state index in [2.05, 4.69) is 36.8 Å². The SMILES string of the molecule is [C]1CCC1c1ccccc1. The first kappa shape index (κ1) is 5.96. The van der Waals surface area contributed by atoms with E-state index in [-0.39, 0.29) is 0 Å². The fourth-order valence-electron chi connectivity index (χ4n) is 1.26. The standard InChI is InChI=1S/C10H10/c1-2-5-9(6-3-1)10-7-4-8-10/h1-3,5-6,10H,4,7H2. The Morgan fingerprint density at radius 3 is 2.40 bits per heavy atom. The van der Waals surface area contributed by atoms with Gasteiger partial charge in [0, 0.05) is 0 Å². The van der Waals surface area contributed by atoms with Crippen molar-refractivity contribution in [3.05, 3.63) is 42.3 Å². The van der Waals surface area contributed by atoms with E-state index in [0.717, 1.165) is 0 Å². The highest BCUT2D eigenvalue weighted by molar-refractivity contribution is 5.24. The third-order valence-corrected chi connectivity index (χ3v) is 2.03. The van der Waals surface area contributed by atoms with Crippen LogP contribution in [0.1, 0.15) is 24.3 Å². The summed E-state index contributed by atoms with van der Waals surface area (Å²) >= 11 is 0. The van der Waals surface area contributed by atoms with Crippen molar-refractivity contribution in [2.24, 2.45) is 0 Å². The van der Waals surface area contributed by atoms with Gasteiger partial charge in [0.05, 0.1) is 0 Å². The van der Waals surface area contributed by atoms with Crippen molar-refractivity contribution in [1.82, 2.24) is 0 Å². The van der Waals surface area contributed by atoms with Crippen LogP contribution in [-0.2, 0) is 0 Å². The molecule has 2 rings (SSSR count). The Bertz CT molecular complexity index is 197. The first-order chi connectivity index (χ1) is 4.97. The summed E-state index contributed by atoms with van der Waals surface area (Å²) in [7, 11) is 0. The molecule has 0 N–H and O–H groups in total. The maximum Gasteiger partial charge on any atom is -0.00924 e. The second-order valence-corrected chi connectivity index (χ2v) is 2.71. The molecule has 0 bridgehead atoms. The average molecular weight is 130 g/mol. The van der Waals surface area contributed by atoms with E-state index in [1.54, 1.807) is 0 Å². The Kier molecular flexibility index (Phi) is 1.46. The van der Waals surface area contributed by atoms with Crippen LogP contribution in [0.5, 0.6) is 0 Å². The zero-order valence-electron chi connectivity index (χ0n) is 5.88. The lowest BCUT2D eigenvalue weighted by atomic mass is 9.80. The molecule has 50 valence electrons. The highest BCUT2D eigenvalue weighted by atomic mass is 14.2. The Morgan fingerprint density at radius 1 is 1.20 bits per heavy atom. The van der Waals surface area contributed by atoms with E-state index < -0.39 is 0 Å². The minimum Gasteiger partial charge on any atom is -0.0622 e. The quantitative estimate of drug-likeness (QED) is 0.548. The summed E-state index contributed by atoms with van der Waals surface area (Å²) in [5.41, 5.74) is 1.42. The van der Waals surface area contributed by atoms with Crippen molar-refractivity contribution in [3.8, 4) is 0 Å². The molecule has 0 spiro atoms. The van der Waals surface area contributed by atoms with Gasteiger partial charge in [0.2, 0.25) is 0 Å². The minimum absolute atomic E-state index is 0.640. The van der Waals surface area contributed by atoms with E-state index in [9.17, 15) is 0 Å². The Morgan fingerprint density at radius 2 is 1.90 bits per heavy atom. The lowest BCUT2D eigenvalue weighted by Crippen LogP contribution is -2.08. The number of rotatable bonds is 1. The summed E-state index contributed by atoms with van der Waals surface area (Å²) in [6.07, 6.45) is 5.84. The Balaban J connectivity index is 2.18. The second kappa shape index (κ2) is 2.45. The molecule has 1 fully saturated rings. The maximum atomic E-state index is 3.36. The molecule has 0 aliphatic heterocycles. The van der Waals surface area contributed by atoms with Crippen LogP contribution in [0.15, 0.2) is 30.3 Å². The van der Waals surface area contributed by atoms with Crippen LogP contribution in [0.4, 0.5) is 0 Å². The van der Waals surface area contributed by atoms with Crippen LogP contribution in [0, 0.1) is 6.42 Å². The number of benzene rings is 1. The van der Waals surface area contributed by atoms with Gasteiger partial charge in [0.1, 0.15) is 0 Å². The normalized spacial score (nSPS) is 18.4. The predicted octanol–water partition coefficient (Wildman–Crippen LogP) is 2.65. The van der Waals surface area contributed by atoms with E-state index in [1.807, 2.05) is 0 Å². The molecule has 0 nitrogen and oxygen atoms in total. The molecule has 1 atom stereocenters. The van der Waals surface area contributed by atoms with E-state index >= 15 is 0 Å². The van der Waals surface area contributed by atoms with E-state index in [4.69, 9.17) is 0 Å². The molecule has 1 saturated carbocycles. The monoisotopic (exact) mass is 130 g/mol. The predicted molar refractivity (Wildman–Crippen MR) is 41.7 cm³/mol. The second-order valence-electron chi connectivity index (χ2n) is 2.71. The smallest absolute Gasteiger partial charge is 0.00924 e. The molecule has 0 aromatic heterocycles. The van der Waals surface area contributed by atoms with Crippen molar-refractivity contribution in [2.75, 3.05) is 0 Å². The molecule has 0 heterocycles. The molecule has 0 amide bonds. The summed E-state index contributed by atoms with van der Waals surface area (Å²) in [6.45, 7) is 0. The van der Waals surface area contributed by atoms with Crippen molar-refractivity contribution in [2.45, 2.75) is 18.8 Å². The van der Waals surface area contributed by atoms with Gasteiger partial charge in [-0.1, -0.05) is 30.3 Å². The van der Waals surface area contributed by atoms with Crippen LogP contribution in [0.2, 0.25) is 0 Å². The largest absolute Gasteiger partial charge is 0.0622 e. The molecule has 0 heteroatoms. The highest BCUT2D eigenvalue weighted by Gasteiger charge is 2.19. The lowest BCUT2D eigenvalue weighted by molar-refractivity contribution is 0.553. The molecule has 1 aliphatic carbocycles. The molecule has 10 heavy (non-hydrogen) atoms. The lowest BCUT2D eigenvalue weighted by Gasteiger charge is -2.24. The summed E-state index contributed by atoms with van der Waals surface area (Å²) in [4.78, 5) is 0. The number of hydrogen-bond acceptors (Lipinski definition) is 0. The highest BCUT2D eigenvalue weighted by Crippen LogP contribution is 2.34. The maximum absolute atomic E-state index is 3.36. The minimum atomic E-state index is 0.640. The topological polar surface area (TPSA) is 0 Å². The van der Waals surface area contributed by atoms with Crippen molar-refractivity contribution < 1.29 is 0 Å². The van der Waals surface area contributed by atoms with Gasteiger partial charge in [-0.25, -0.2) is 0 Å². The number of hydrogen-bond donors (Lipinski definition) is 0. The van der Waals surface area contributed by atoms with Gasteiger partial charge in [0.25, 0.3) is 0 Å². The molecule has 1 unspecified atom stereocenters. The molecular weight excluding hydrogens is 120 g/mol. The van der Waals surface area contributed by atoms with Gasteiger partial charge >= 0.3 is 0 Å². The molecule has 0 saturated heterocycles. The van der Waals surface area contributed by atoms with Gasteiger partial charge in [-0.05, 0) is 30.7 Å². The van der Waals surface area contributed by atoms with Gasteiger partial charge in [0.15, 0.2) is 0 Å². The summed E-state index contributed by atoms with van der Waals surface area (Å²) in [5, 5.41) is 0. The van der Waals surface area contributed by atoms with Crippen LogP contribution >= 0.6 is 0 Å². The van der Waals surface area contributed by atoms with Gasteiger partial charge in [-0.2, -0.15) is 0 Å². The van der Waals surface area contributed by atoms with E-state index in [0.29, 0.717) is 5.92 Å². The zero-order chi connectivity index (χ0) is 6.81.